The van der Waals surface area contributed by atoms with Gasteiger partial charge in [0.25, 0.3) is 0 Å². The molecule has 3 unspecified atom stereocenters. The van der Waals surface area contributed by atoms with Crippen LogP contribution in [0.15, 0.2) is 42.5 Å². The van der Waals surface area contributed by atoms with Crippen LogP contribution in [-0.2, 0) is 0 Å². The lowest BCUT2D eigenvalue weighted by Gasteiger charge is -2.18. The molecule has 0 spiro atoms. The summed E-state index contributed by atoms with van der Waals surface area (Å²) in [5, 5.41) is 5.86. The maximum atomic E-state index is 13.3. The van der Waals surface area contributed by atoms with E-state index in [2.05, 4.69) is 10.6 Å². The Morgan fingerprint density at radius 1 is 1.19 bits per heavy atom. The first kappa shape index (κ1) is 18.0. The normalized spacial score (nSPS) is 19.4. The van der Waals surface area contributed by atoms with Crippen molar-refractivity contribution in [3.05, 3.63) is 59.4 Å². The smallest absolute Gasteiger partial charge is 0.315 e. The van der Waals surface area contributed by atoms with Crippen molar-refractivity contribution in [2.24, 2.45) is 0 Å². The van der Waals surface area contributed by atoms with Gasteiger partial charge in [-0.25, -0.2) is 9.18 Å². The number of carbonyl (C=O) groups is 1. The largest absolute Gasteiger partial charge is 0.497 e. The zero-order valence-corrected chi connectivity index (χ0v) is 15.1. The topological polar surface area (TPSA) is 59.6 Å². The monoisotopic (exact) mass is 358 g/mol. The van der Waals surface area contributed by atoms with Gasteiger partial charge in [-0.1, -0.05) is 12.1 Å². The molecule has 3 atom stereocenters. The Labute approximate surface area is 152 Å². The molecule has 0 bridgehead atoms. The lowest BCUT2D eigenvalue weighted by molar-refractivity contribution is 0.237. The quantitative estimate of drug-likeness (QED) is 0.827. The number of ether oxygens (including phenoxy) is 2. The Bertz CT molecular complexity index is 796. The molecular weight excluding hydrogens is 335 g/mol. The van der Waals surface area contributed by atoms with Gasteiger partial charge in [-0.15, -0.1) is 0 Å². The third-order valence-corrected chi connectivity index (χ3v) is 4.63. The molecule has 6 heteroatoms. The molecular formula is C20H23FN2O3. The van der Waals surface area contributed by atoms with Crippen LogP contribution in [0.3, 0.4) is 0 Å². The number of amides is 2. The zero-order chi connectivity index (χ0) is 18.7. The molecule has 138 valence electrons. The highest BCUT2D eigenvalue weighted by Gasteiger charge is 2.39. The van der Waals surface area contributed by atoms with Crippen molar-refractivity contribution in [1.82, 2.24) is 10.6 Å². The number of carbonyl (C=O) groups excluding carboxylic acids is 1. The van der Waals surface area contributed by atoms with Crippen molar-refractivity contribution < 1.29 is 18.7 Å². The van der Waals surface area contributed by atoms with Crippen LogP contribution in [0.1, 0.15) is 36.4 Å². The maximum Gasteiger partial charge on any atom is 0.315 e. The van der Waals surface area contributed by atoms with E-state index in [0.717, 1.165) is 17.5 Å². The molecule has 2 aromatic rings. The number of hydrogen-bond donors (Lipinski definition) is 2. The third-order valence-electron chi connectivity index (χ3n) is 4.63. The molecule has 0 heterocycles. The Balaban J connectivity index is 1.59. The number of rotatable bonds is 6. The van der Waals surface area contributed by atoms with Crippen molar-refractivity contribution in [1.29, 1.82) is 0 Å². The Hall–Kier alpha value is -2.76. The zero-order valence-electron chi connectivity index (χ0n) is 15.1. The van der Waals surface area contributed by atoms with Crippen LogP contribution in [0.25, 0.3) is 0 Å². The molecule has 0 aliphatic heterocycles. The van der Waals surface area contributed by atoms with Crippen LogP contribution in [0.2, 0.25) is 0 Å². The van der Waals surface area contributed by atoms with E-state index in [1.165, 1.54) is 12.1 Å². The highest BCUT2D eigenvalue weighted by Crippen LogP contribution is 2.41. The first-order valence-electron chi connectivity index (χ1n) is 8.56. The standard InChI is InChI=1S/C20H23FN2O3/c1-12(16-10-15(25-2)7-8-19(16)26-3)22-20(24)23-18-11-17(18)13-5-4-6-14(21)9-13/h4-10,12,17-18H,11H2,1-3H3,(H2,22,23,24). The molecule has 0 radical (unpaired) electrons. The van der Waals surface area contributed by atoms with Gasteiger partial charge in [0.1, 0.15) is 17.3 Å². The highest BCUT2D eigenvalue weighted by atomic mass is 19.1. The number of nitrogens with one attached hydrogen (secondary N) is 2. The van der Waals surface area contributed by atoms with Crippen LogP contribution in [0, 0.1) is 5.82 Å². The van der Waals surface area contributed by atoms with E-state index in [0.29, 0.717) is 11.5 Å². The van der Waals surface area contributed by atoms with Gasteiger partial charge < -0.3 is 20.1 Å². The Morgan fingerprint density at radius 3 is 2.69 bits per heavy atom. The van der Waals surface area contributed by atoms with Crippen molar-refractivity contribution in [3.63, 3.8) is 0 Å². The van der Waals surface area contributed by atoms with E-state index >= 15 is 0 Å². The van der Waals surface area contributed by atoms with Gasteiger partial charge in [0, 0.05) is 17.5 Å². The van der Waals surface area contributed by atoms with Crippen LogP contribution >= 0.6 is 0 Å². The minimum Gasteiger partial charge on any atom is -0.497 e. The van der Waals surface area contributed by atoms with Gasteiger partial charge >= 0.3 is 6.03 Å². The molecule has 0 aromatic heterocycles. The van der Waals surface area contributed by atoms with Gasteiger partial charge in [0.2, 0.25) is 0 Å². The summed E-state index contributed by atoms with van der Waals surface area (Å²) in [6.07, 6.45) is 0.813. The first-order chi connectivity index (χ1) is 12.5. The molecule has 1 saturated carbocycles. The maximum absolute atomic E-state index is 13.3. The van der Waals surface area contributed by atoms with Gasteiger partial charge in [-0.2, -0.15) is 0 Å². The molecule has 3 rings (SSSR count). The molecule has 0 saturated heterocycles. The fraction of sp³-hybridized carbons (Fsp3) is 0.350. The molecule has 1 aliphatic rings. The van der Waals surface area contributed by atoms with E-state index in [-0.39, 0.29) is 29.8 Å². The van der Waals surface area contributed by atoms with Gasteiger partial charge in [-0.3, -0.25) is 0 Å². The second-order valence-corrected chi connectivity index (χ2v) is 6.45. The number of hydrogen-bond acceptors (Lipinski definition) is 3. The molecule has 5 nitrogen and oxygen atoms in total. The highest BCUT2D eigenvalue weighted by molar-refractivity contribution is 5.75. The average Bonchev–Trinajstić information content (AvgIpc) is 3.40. The van der Waals surface area contributed by atoms with Gasteiger partial charge in [-0.05, 0) is 49.2 Å². The summed E-state index contributed by atoms with van der Waals surface area (Å²) >= 11 is 0. The first-order valence-corrected chi connectivity index (χ1v) is 8.56. The summed E-state index contributed by atoms with van der Waals surface area (Å²) in [4.78, 5) is 12.3. The number of methoxy groups -OCH3 is 2. The minimum absolute atomic E-state index is 0.0243. The molecule has 2 amide bonds. The summed E-state index contributed by atoms with van der Waals surface area (Å²) in [6.45, 7) is 1.88. The summed E-state index contributed by atoms with van der Waals surface area (Å²) in [5.41, 5.74) is 1.75. The second-order valence-electron chi connectivity index (χ2n) is 6.45. The Morgan fingerprint density at radius 2 is 2.00 bits per heavy atom. The summed E-state index contributed by atoms with van der Waals surface area (Å²) in [5.74, 6) is 1.29. The summed E-state index contributed by atoms with van der Waals surface area (Å²) in [7, 11) is 3.18. The van der Waals surface area contributed by atoms with Crippen LogP contribution in [0.5, 0.6) is 11.5 Å². The van der Waals surface area contributed by atoms with E-state index in [4.69, 9.17) is 9.47 Å². The van der Waals surface area contributed by atoms with Crippen molar-refractivity contribution in [2.45, 2.75) is 31.3 Å². The molecule has 2 N–H and O–H groups in total. The fourth-order valence-electron chi connectivity index (χ4n) is 3.12. The minimum atomic E-state index is -0.258. The predicted octanol–water partition coefficient (Wildman–Crippen LogP) is 3.76. The lowest BCUT2D eigenvalue weighted by Crippen LogP contribution is -2.38. The van der Waals surface area contributed by atoms with E-state index in [9.17, 15) is 9.18 Å². The summed E-state index contributed by atoms with van der Waals surface area (Å²) < 4.78 is 23.9. The van der Waals surface area contributed by atoms with Crippen LogP contribution in [0.4, 0.5) is 9.18 Å². The Kier molecular flexibility index (Phi) is 5.30. The lowest BCUT2D eigenvalue weighted by atomic mass is 10.1. The molecule has 2 aromatic carbocycles. The number of urea groups is 1. The number of halogens is 1. The summed E-state index contributed by atoms with van der Waals surface area (Å²) in [6, 6.07) is 11.5. The molecule has 26 heavy (non-hydrogen) atoms. The third kappa shape index (κ3) is 4.07. The average molecular weight is 358 g/mol. The van der Waals surface area contributed by atoms with Crippen LogP contribution < -0.4 is 20.1 Å². The number of benzene rings is 2. The van der Waals surface area contributed by atoms with E-state index < -0.39 is 0 Å². The van der Waals surface area contributed by atoms with Crippen molar-refractivity contribution >= 4 is 6.03 Å². The molecule has 1 aliphatic carbocycles. The van der Waals surface area contributed by atoms with Crippen molar-refractivity contribution in [2.75, 3.05) is 14.2 Å². The predicted molar refractivity (Wildman–Crippen MR) is 97.2 cm³/mol. The van der Waals surface area contributed by atoms with E-state index in [1.54, 1.807) is 20.3 Å². The van der Waals surface area contributed by atoms with Gasteiger partial charge in [0.05, 0.1) is 20.3 Å². The van der Waals surface area contributed by atoms with Crippen molar-refractivity contribution in [3.8, 4) is 11.5 Å². The fourth-order valence-corrected chi connectivity index (χ4v) is 3.12. The van der Waals surface area contributed by atoms with Gasteiger partial charge in [0.15, 0.2) is 0 Å². The molecule has 1 fully saturated rings. The second kappa shape index (κ2) is 7.64. The SMILES string of the molecule is COc1ccc(OC)c(C(C)NC(=O)NC2CC2c2cccc(F)c2)c1. The van der Waals surface area contributed by atoms with Crippen LogP contribution in [-0.4, -0.2) is 26.3 Å². The van der Waals surface area contributed by atoms with E-state index in [1.807, 2.05) is 31.2 Å².